The van der Waals surface area contributed by atoms with Crippen LogP contribution in [0.15, 0.2) is 54.9 Å². The molecule has 4 rings (SSSR count). The van der Waals surface area contributed by atoms with Crippen molar-refractivity contribution in [1.82, 2.24) is 19.6 Å². The van der Waals surface area contributed by atoms with Crippen LogP contribution in [0.5, 0.6) is 0 Å². The monoisotopic (exact) mass is 394 g/mol. The number of aryl methyl sites for hydroxylation is 1. The number of likely N-dealkylation sites (tertiary alicyclic amines) is 1. The smallest absolute Gasteiger partial charge is 0.261 e. The normalized spacial score (nSPS) is 16.3. The second-order valence-electron chi connectivity index (χ2n) is 7.58. The Kier molecular flexibility index (Phi) is 5.05. The van der Waals surface area contributed by atoms with Gasteiger partial charge in [0, 0.05) is 48.7 Å². The number of carbonyl (C=O) groups excluding carboxylic acids is 2. The Hall–Kier alpha value is -3.22. The van der Waals surface area contributed by atoms with Crippen LogP contribution in [0.1, 0.15) is 34.7 Å². The van der Waals surface area contributed by atoms with E-state index < -0.39 is 12.1 Å². The zero-order chi connectivity index (χ0) is 20.5. The summed E-state index contributed by atoms with van der Waals surface area (Å²) in [5, 5.41) is 2.98. The zero-order valence-electron chi connectivity index (χ0n) is 16.4. The van der Waals surface area contributed by atoms with Crippen molar-refractivity contribution in [3.8, 4) is 0 Å². The quantitative estimate of drug-likeness (QED) is 0.724. The van der Waals surface area contributed by atoms with Gasteiger partial charge < -0.3 is 14.6 Å². The number of alkyl halides is 1. The third-order valence-corrected chi connectivity index (χ3v) is 5.56. The van der Waals surface area contributed by atoms with Gasteiger partial charge in [0.15, 0.2) is 0 Å². The van der Waals surface area contributed by atoms with Crippen molar-refractivity contribution in [1.29, 1.82) is 0 Å². The van der Waals surface area contributed by atoms with Gasteiger partial charge in [0.25, 0.3) is 11.8 Å². The van der Waals surface area contributed by atoms with E-state index in [4.69, 9.17) is 0 Å². The number of rotatable bonds is 5. The predicted octanol–water partition coefficient (Wildman–Crippen LogP) is 2.93. The SMILES string of the molecule is Cc1cnc2cc(C(=O)NC(C)C3CN(C(=O)C(F)c4ccccc4)C3)ccn12. The highest BCUT2D eigenvalue weighted by molar-refractivity contribution is 5.95. The molecule has 0 radical (unpaired) electrons. The number of fused-ring (bicyclic) bond motifs is 1. The number of nitrogens with zero attached hydrogens (tertiary/aromatic N) is 3. The maximum Gasteiger partial charge on any atom is 0.261 e. The molecule has 1 N–H and O–H groups in total. The average molecular weight is 394 g/mol. The minimum absolute atomic E-state index is 0.100. The second-order valence-corrected chi connectivity index (χ2v) is 7.58. The summed E-state index contributed by atoms with van der Waals surface area (Å²) in [4.78, 5) is 30.7. The second kappa shape index (κ2) is 7.66. The van der Waals surface area contributed by atoms with Crippen molar-refractivity contribution in [3.05, 3.63) is 71.7 Å². The van der Waals surface area contributed by atoms with Crippen LogP contribution in [0.4, 0.5) is 4.39 Å². The van der Waals surface area contributed by atoms with Gasteiger partial charge in [-0.1, -0.05) is 30.3 Å². The highest BCUT2D eigenvalue weighted by Crippen LogP contribution is 2.26. The Morgan fingerprint density at radius 3 is 2.66 bits per heavy atom. The van der Waals surface area contributed by atoms with Crippen LogP contribution in [0.2, 0.25) is 0 Å². The van der Waals surface area contributed by atoms with E-state index >= 15 is 0 Å². The van der Waals surface area contributed by atoms with E-state index in [0.717, 1.165) is 11.3 Å². The first-order valence-electron chi connectivity index (χ1n) is 9.66. The maximum absolute atomic E-state index is 14.4. The Balaban J connectivity index is 1.32. The van der Waals surface area contributed by atoms with Gasteiger partial charge >= 0.3 is 0 Å². The summed E-state index contributed by atoms with van der Waals surface area (Å²) in [6, 6.07) is 11.8. The highest BCUT2D eigenvalue weighted by Gasteiger charge is 2.38. The van der Waals surface area contributed by atoms with Gasteiger partial charge in [0.05, 0.1) is 0 Å². The van der Waals surface area contributed by atoms with Crippen LogP contribution in [-0.4, -0.2) is 45.2 Å². The minimum atomic E-state index is -1.65. The van der Waals surface area contributed by atoms with Crippen molar-refractivity contribution in [2.24, 2.45) is 5.92 Å². The molecule has 1 aliphatic rings. The van der Waals surface area contributed by atoms with E-state index in [1.165, 1.54) is 4.90 Å². The van der Waals surface area contributed by atoms with Gasteiger partial charge in [-0.15, -0.1) is 0 Å². The lowest BCUT2D eigenvalue weighted by Crippen LogP contribution is -2.58. The van der Waals surface area contributed by atoms with Crippen LogP contribution in [0.3, 0.4) is 0 Å². The number of imidazole rings is 1. The summed E-state index contributed by atoms with van der Waals surface area (Å²) in [6.45, 7) is 4.73. The van der Waals surface area contributed by atoms with E-state index in [0.29, 0.717) is 24.2 Å². The fraction of sp³-hybridized carbons (Fsp3) is 0.318. The molecule has 2 atom stereocenters. The number of amides is 2. The summed E-state index contributed by atoms with van der Waals surface area (Å²) in [5.74, 6) is -0.604. The summed E-state index contributed by atoms with van der Waals surface area (Å²) >= 11 is 0. The van der Waals surface area contributed by atoms with Gasteiger partial charge in [-0.05, 0) is 31.5 Å². The fourth-order valence-corrected chi connectivity index (χ4v) is 3.59. The third-order valence-electron chi connectivity index (χ3n) is 5.56. The van der Waals surface area contributed by atoms with Gasteiger partial charge in [-0.2, -0.15) is 0 Å². The molecule has 0 saturated carbocycles. The number of aromatic nitrogens is 2. The number of hydrogen-bond donors (Lipinski definition) is 1. The fourth-order valence-electron chi connectivity index (χ4n) is 3.59. The lowest BCUT2D eigenvalue weighted by molar-refractivity contribution is -0.143. The van der Waals surface area contributed by atoms with Gasteiger partial charge in [-0.25, -0.2) is 9.37 Å². The van der Waals surface area contributed by atoms with Crippen molar-refractivity contribution in [3.63, 3.8) is 0 Å². The number of carbonyl (C=O) groups is 2. The molecule has 6 nitrogen and oxygen atoms in total. The Morgan fingerprint density at radius 1 is 1.21 bits per heavy atom. The molecule has 3 aromatic rings. The molecule has 7 heteroatoms. The first kappa shape index (κ1) is 19.1. The standard InChI is InChI=1S/C22H23FN4O2/c1-14-11-24-19-10-17(8-9-27(14)19)21(28)25-15(2)18-12-26(13-18)22(29)20(23)16-6-4-3-5-7-16/h3-11,15,18,20H,12-13H2,1-2H3,(H,25,28). The molecule has 0 spiro atoms. The molecule has 1 saturated heterocycles. The highest BCUT2D eigenvalue weighted by atomic mass is 19.1. The minimum Gasteiger partial charge on any atom is -0.349 e. The van der Waals surface area contributed by atoms with Gasteiger partial charge in [0.2, 0.25) is 6.17 Å². The Labute approximate surface area is 168 Å². The summed E-state index contributed by atoms with van der Waals surface area (Å²) in [6.07, 6.45) is 1.94. The number of pyridine rings is 1. The largest absolute Gasteiger partial charge is 0.349 e. The number of nitrogens with one attached hydrogen (secondary N) is 1. The molecular weight excluding hydrogens is 371 g/mol. The molecule has 29 heavy (non-hydrogen) atoms. The van der Waals surface area contributed by atoms with Crippen molar-refractivity contribution < 1.29 is 14.0 Å². The van der Waals surface area contributed by atoms with E-state index in [-0.39, 0.29) is 17.9 Å². The number of halogens is 1. The van der Waals surface area contributed by atoms with Crippen LogP contribution in [0.25, 0.3) is 5.65 Å². The summed E-state index contributed by atoms with van der Waals surface area (Å²) < 4.78 is 16.3. The molecule has 2 aromatic heterocycles. The first-order valence-corrected chi connectivity index (χ1v) is 9.66. The number of hydrogen-bond acceptors (Lipinski definition) is 3. The molecule has 150 valence electrons. The van der Waals surface area contributed by atoms with Gasteiger partial charge in [0.1, 0.15) is 5.65 Å². The van der Waals surface area contributed by atoms with Crippen LogP contribution < -0.4 is 5.32 Å². The summed E-state index contributed by atoms with van der Waals surface area (Å²) in [7, 11) is 0. The van der Waals surface area contributed by atoms with E-state index in [1.54, 1.807) is 48.7 Å². The van der Waals surface area contributed by atoms with E-state index in [1.807, 2.05) is 24.4 Å². The van der Waals surface area contributed by atoms with Crippen LogP contribution in [-0.2, 0) is 4.79 Å². The van der Waals surface area contributed by atoms with Crippen molar-refractivity contribution >= 4 is 17.5 Å². The topological polar surface area (TPSA) is 66.7 Å². The molecule has 1 aliphatic heterocycles. The Bertz CT molecular complexity index is 1040. The molecule has 1 fully saturated rings. The van der Waals surface area contributed by atoms with Crippen LogP contribution >= 0.6 is 0 Å². The number of benzene rings is 1. The third kappa shape index (κ3) is 3.72. The molecule has 2 unspecified atom stereocenters. The molecule has 2 amide bonds. The predicted molar refractivity (Wildman–Crippen MR) is 107 cm³/mol. The van der Waals surface area contributed by atoms with E-state index in [2.05, 4.69) is 10.3 Å². The lowest BCUT2D eigenvalue weighted by Gasteiger charge is -2.43. The molecule has 1 aromatic carbocycles. The Morgan fingerprint density at radius 2 is 1.93 bits per heavy atom. The van der Waals surface area contributed by atoms with E-state index in [9.17, 15) is 14.0 Å². The summed E-state index contributed by atoms with van der Waals surface area (Å²) in [5.41, 5.74) is 2.63. The maximum atomic E-state index is 14.4. The van der Waals surface area contributed by atoms with Gasteiger partial charge in [-0.3, -0.25) is 9.59 Å². The molecule has 0 aliphatic carbocycles. The van der Waals surface area contributed by atoms with Crippen molar-refractivity contribution in [2.45, 2.75) is 26.1 Å². The lowest BCUT2D eigenvalue weighted by atomic mass is 9.91. The average Bonchev–Trinajstić information content (AvgIpc) is 3.07. The molecule has 0 bridgehead atoms. The zero-order valence-corrected chi connectivity index (χ0v) is 16.4. The first-order chi connectivity index (χ1) is 13.9. The molecular formula is C22H23FN4O2. The molecule has 3 heterocycles. The van der Waals surface area contributed by atoms with Crippen molar-refractivity contribution in [2.75, 3.05) is 13.1 Å². The van der Waals surface area contributed by atoms with Crippen LogP contribution in [0, 0.1) is 12.8 Å².